The van der Waals surface area contributed by atoms with E-state index in [1.165, 1.54) is 37.7 Å². The van der Waals surface area contributed by atoms with Crippen molar-refractivity contribution in [1.29, 1.82) is 15.8 Å². The van der Waals surface area contributed by atoms with E-state index >= 15 is 0 Å². The number of hydrogen-bond acceptors (Lipinski definition) is 4. The lowest BCUT2D eigenvalue weighted by atomic mass is 9.84. The van der Waals surface area contributed by atoms with Crippen molar-refractivity contribution >= 4 is 37.5 Å². The second-order valence-electron chi connectivity index (χ2n) is 5.40. The first-order valence-electron chi connectivity index (χ1n) is 7.31. The molecule has 6 heteroatoms. The molecule has 1 aromatic carbocycles. The first-order valence-corrected chi connectivity index (χ1v) is 8.89. The number of rotatable bonds is 3. The molecule has 4 nitrogen and oxygen atoms in total. The van der Waals surface area contributed by atoms with Gasteiger partial charge in [0, 0.05) is 8.95 Å². The van der Waals surface area contributed by atoms with E-state index in [9.17, 15) is 0 Å². The first-order chi connectivity index (χ1) is 11.1. The van der Waals surface area contributed by atoms with Gasteiger partial charge in [-0.1, -0.05) is 19.3 Å². The van der Waals surface area contributed by atoms with Crippen molar-refractivity contribution in [2.45, 2.75) is 38.0 Å². The molecule has 1 aliphatic carbocycles. The predicted molar refractivity (Wildman–Crippen MR) is 95.2 cm³/mol. The molecule has 1 saturated carbocycles. The minimum atomic E-state index is -0.234. The highest BCUT2D eigenvalue weighted by atomic mass is 79.9. The van der Waals surface area contributed by atoms with Crippen LogP contribution in [0.2, 0.25) is 0 Å². The summed E-state index contributed by atoms with van der Waals surface area (Å²) in [7, 11) is 0. The van der Waals surface area contributed by atoms with Crippen molar-refractivity contribution < 1.29 is 0 Å². The van der Waals surface area contributed by atoms with E-state index in [1.54, 1.807) is 12.1 Å². The van der Waals surface area contributed by atoms with Crippen LogP contribution < -0.4 is 5.32 Å². The predicted octanol–water partition coefficient (Wildman–Crippen LogP) is 5.50. The van der Waals surface area contributed by atoms with Gasteiger partial charge in [-0.25, -0.2) is 0 Å². The van der Waals surface area contributed by atoms with E-state index in [1.807, 2.05) is 6.07 Å². The Morgan fingerprint density at radius 2 is 1.52 bits per heavy atom. The molecule has 1 N–H and O–H groups in total. The van der Waals surface area contributed by atoms with Crippen molar-refractivity contribution in [3.63, 3.8) is 0 Å². The molecule has 1 fully saturated rings. The Labute approximate surface area is 152 Å². The Kier molecular flexibility index (Phi) is 6.22. The maximum Gasteiger partial charge on any atom is 0.163 e. The molecule has 1 aliphatic rings. The second-order valence-corrected chi connectivity index (χ2v) is 7.11. The van der Waals surface area contributed by atoms with Crippen LogP contribution in [0.3, 0.4) is 0 Å². The molecule has 0 atom stereocenters. The zero-order valence-electron chi connectivity index (χ0n) is 12.4. The van der Waals surface area contributed by atoms with E-state index in [2.05, 4.69) is 49.3 Å². The number of allylic oxidation sites excluding steroid dienone is 2. The zero-order valence-corrected chi connectivity index (χ0v) is 15.5. The van der Waals surface area contributed by atoms with Crippen molar-refractivity contribution in [2.24, 2.45) is 0 Å². The topological polar surface area (TPSA) is 83.4 Å². The monoisotopic (exact) mass is 432 g/mol. The molecule has 116 valence electrons. The third-order valence-corrected chi connectivity index (χ3v) is 5.23. The molecule has 0 radical (unpaired) electrons. The highest BCUT2D eigenvalue weighted by molar-refractivity contribution is 9.11. The number of nitrogens with one attached hydrogen (secondary N) is 1. The molecular formula is C17H14Br2N4. The molecular weight excluding hydrogens is 420 g/mol. The normalized spacial score (nSPS) is 14.2. The summed E-state index contributed by atoms with van der Waals surface area (Å²) < 4.78 is 1.60. The lowest BCUT2D eigenvalue weighted by Crippen LogP contribution is -2.06. The average Bonchev–Trinajstić information content (AvgIpc) is 2.57. The summed E-state index contributed by atoms with van der Waals surface area (Å²) in [4.78, 5) is 0. The molecule has 0 spiro atoms. The van der Waals surface area contributed by atoms with Gasteiger partial charge >= 0.3 is 0 Å². The summed E-state index contributed by atoms with van der Waals surface area (Å²) >= 11 is 7.05. The van der Waals surface area contributed by atoms with Gasteiger partial charge in [0.2, 0.25) is 0 Å². The molecule has 0 bridgehead atoms. The van der Waals surface area contributed by atoms with Gasteiger partial charge in [0.05, 0.1) is 5.69 Å². The van der Waals surface area contributed by atoms with Crippen LogP contribution in [0, 0.1) is 34.0 Å². The van der Waals surface area contributed by atoms with Crippen molar-refractivity contribution in [3.05, 3.63) is 37.9 Å². The van der Waals surface area contributed by atoms with Gasteiger partial charge in [-0.05, 0) is 68.3 Å². The Morgan fingerprint density at radius 3 is 2.00 bits per heavy atom. The van der Waals surface area contributed by atoms with Crippen LogP contribution in [0.1, 0.15) is 43.6 Å². The third-order valence-electron chi connectivity index (χ3n) is 3.98. The van der Waals surface area contributed by atoms with Crippen LogP contribution in [-0.2, 0) is 0 Å². The van der Waals surface area contributed by atoms with Gasteiger partial charge in [0.15, 0.2) is 5.57 Å². The third kappa shape index (κ3) is 4.14. The molecule has 2 rings (SSSR count). The Balaban J connectivity index is 2.35. The molecule has 0 amide bonds. The van der Waals surface area contributed by atoms with E-state index in [-0.39, 0.29) is 11.3 Å². The second kappa shape index (κ2) is 8.16. The maximum absolute atomic E-state index is 9.16. The van der Waals surface area contributed by atoms with Crippen LogP contribution in [0.5, 0.6) is 0 Å². The number of anilines is 1. The van der Waals surface area contributed by atoms with Crippen molar-refractivity contribution in [3.8, 4) is 18.2 Å². The molecule has 23 heavy (non-hydrogen) atoms. The van der Waals surface area contributed by atoms with Gasteiger partial charge in [-0.15, -0.1) is 0 Å². The summed E-state index contributed by atoms with van der Waals surface area (Å²) in [6, 6.07) is 9.43. The van der Waals surface area contributed by atoms with Crippen LogP contribution in [0.25, 0.3) is 0 Å². The Morgan fingerprint density at radius 1 is 0.957 bits per heavy atom. The lowest BCUT2D eigenvalue weighted by Gasteiger charge is -2.23. The number of hydrogen-bond donors (Lipinski definition) is 1. The largest absolute Gasteiger partial charge is 0.343 e. The summed E-state index contributed by atoms with van der Waals surface area (Å²) in [5.41, 5.74) is 1.62. The standard InChI is InChI=1S/C17H14Br2N4/c18-14-6-12(11-4-2-1-3-5-11)7-15(19)17(14)23-16(10-22)13(8-20)9-21/h6-7,11,23H,1-5H2. The summed E-state index contributed by atoms with van der Waals surface area (Å²) in [5.74, 6) is 0.560. The fourth-order valence-corrected chi connectivity index (χ4v) is 4.21. The summed E-state index contributed by atoms with van der Waals surface area (Å²) in [6.45, 7) is 0. The summed E-state index contributed by atoms with van der Waals surface area (Å²) in [5, 5.41) is 29.9. The molecule has 0 heterocycles. The minimum Gasteiger partial charge on any atom is -0.343 e. The number of halogens is 2. The number of nitriles is 3. The lowest BCUT2D eigenvalue weighted by molar-refractivity contribution is 0.443. The highest BCUT2D eigenvalue weighted by Crippen LogP contribution is 2.39. The van der Waals surface area contributed by atoms with Gasteiger partial charge < -0.3 is 5.32 Å². The van der Waals surface area contributed by atoms with E-state index < -0.39 is 0 Å². The minimum absolute atomic E-state index is 0.0539. The molecule has 0 aliphatic heterocycles. The molecule has 0 unspecified atom stereocenters. The van der Waals surface area contributed by atoms with E-state index in [0.717, 1.165) is 8.95 Å². The quantitative estimate of drug-likeness (QED) is 0.638. The van der Waals surface area contributed by atoms with Crippen molar-refractivity contribution in [1.82, 2.24) is 0 Å². The first kappa shape index (κ1) is 17.5. The van der Waals surface area contributed by atoms with Crippen LogP contribution in [-0.4, -0.2) is 0 Å². The van der Waals surface area contributed by atoms with Gasteiger partial charge in [-0.3, -0.25) is 0 Å². The van der Waals surface area contributed by atoms with Gasteiger partial charge in [-0.2, -0.15) is 15.8 Å². The SMILES string of the molecule is N#CC(C#N)=C(C#N)Nc1c(Br)cc(C2CCCCC2)cc1Br. The molecule has 1 aromatic rings. The van der Waals surface area contributed by atoms with E-state index in [4.69, 9.17) is 15.8 Å². The fraction of sp³-hybridized carbons (Fsp3) is 0.353. The highest BCUT2D eigenvalue weighted by Gasteiger charge is 2.19. The van der Waals surface area contributed by atoms with Crippen LogP contribution >= 0.6 is 31.9 Å². The average molecular weight is 434 g/mol. The van der Waals surface area contributed by atoms with Crippen molar-refractivity contribution in [2.75, 3.05) is 5.32 Å². The number of benzene rings is 1. The number of nitrogens with zero attached hydrogens (tertiary/aromatic N) is 3. The maximum atomic E-state index is 9.16. The zero-order chi connectivity index (χ0) is 16.8. The Hall–Kier alpha value is -1.81. The smallest absolute Gasteiger partial charge is 0.163 e. The van der Waals surface area contributed by atoms with Gasteiger partial charge in [0.1, 0.15) is 23.9 Å². The van der Waals surface area contributed by atoms with Crippen LogP contribution in [0.15, 0.2) is 32.3 Å². The Bertz CT molecular complexity index is 717. The molecule has 0 saturated heterocycles. The van der Waals surface area contributed by atoms with Gasteiger partial charge in [0.25, 0.3) is 0 Å². The fourth-order valence-electron chi connectivity index (χ4n) is 2.79. The summed E-state index contributed by atoms with van der Waals surface area (Å²) in [6.07, 6.45) is 6.22. The van der Waals surface area contributed by atoms with Crippen LogP contribution in [0.4, 0.5) is 5.69 Å². The van der Waals surface area contributed by atoms with E-state index in [0.29, 0.717) is 11.6 Å². The molecule has 0 aromatic heterocycles.